The number of benzene rings is 1. The van der Waals surface area contributed by atoms with Crippen LogP contribution in [0.2, 0.25) is 0 Å². The maximum Gasteiger partial charge on any atom is 0.158 e. The highest BCUT2D eigenvalue weighted by atomic mass is 16.5. The van der Waals surface area contributed by atoms with Crippen LogP contribution in [0.1, 0.15) is 5.82 Å². The molecule has 0 aliphatic heterocycles. The average Bonchev–Trinajstić information content (AvgIpc) is 2.47. The van der Waals surface area contributed by atoms with Gasteiger partial charge in [-0.1, -0.05) is 6.07 Å². The van der Waals surface area contributed by atoms with Crippen LogP contribution in [0.25, 0.3) is 0 Å². The number of ether oxygens (including phenoxy) is 1. The van der Waals surface area contributed by atoms with Gasteiger partial charge in [-0.15, -0.1) is 0 Å². The highest BCUT2D eigenvalue weighted by Crippen LogP contribution is 2.21. The fourth-order valence-corrected chi connectivity index (χ4v) is 1.89. The molecule has 21 heavy (non-hydrogen) atoms. The standard InChI is InChI=1S/C15H21N5O/c1-16-13-9-14(19-15(18-13)10-21-4)17-11-6-5-7-12(8-11)20(2)3/h5-9H,10H2,1-4H3,(H2,16,17,18,19). The maximum absolute atomic E-state index is 5.10. The summed E-state index contributed by atoms with van der Waals surface area (Å²) in [5.41, 5.74) is 2.10. The fraction of sp³-hybridized carbons (Fsp3) is 0.333. The lowest BCUT2D eigenvalue weighted by atomic mass is 10.2. The highest BCUT2D eigenvalue weighted by Gasteiger charge is 2.05. The van der Waals surface area contributed by atoms with Gasteiger partial charge in [-0.2, -0.15) is 0 Å². The van der Waals surface area contributed by atoms with Crippen LogP contribution in [0, 0.1) is 0 Å². The summed E-state index contributed by atoms with van der Waals surface area (Å²) in [6.45, 7) is 0.377. The van der Waals surface area contributed by atoms with Crippen molar-refractivity contribution in [1.29, 1.82) is 0 Å². The Hall–Kier alpha value is -2.34. The highest BCUT2D eigenvalue weighted by molar-refractivity contribution is 5.64. The molecule has 0 unspecified atom stereocenters. The van der Waals surface area contributed by atoms with Crippen LogP contribution in [0.15, 0.2) is 30.3 Å². The molecule has 0 fully saturated rings. The zero-order chi connectivity index (χ0) is 15.2. The minimum atomic E-state index is 0.377. The predicted molar refractivity (Wildman–Crippen MR) is 86.3 cm³/mol. The second-order valence-electron chi connectivity index (χ2n) is 4.81. The molecule has 1 heterocycles. The quantitative estimate of drug-likeness (QED) is 0.851. The Bertz CT molecular complexity index is 600. The molecule has 2 rings (SSSR count). The van der Waals surface area contributed by atoms with Crippen molar-refractivity contribution in [1.82, 2.24) is 9.97 Å². The van der Waals surface area contributed by atoms with Crippen molar-refractivity contribution in [2.75, 3.05) is 43.8 Å². The average molecular weight is 287 g/mol. The zero-order valence-electron chi connectivity index (χ0n) is 12.8. The Labute approximate surface area is 125 Å². The van der Waals surface area contributed by atoms with Crippen LogP contribution < -0.4 is 15.5 Å². The van der Waals surface area contributed by atoms with E-state index < -0.39 is 0 Å². The largest absolute Gasteiger partial charge is 0.378 e. The molecule has 0 saturated heterocycles. The third-order valence-corrected chi connectivity index (χ3v) is 2.94. The van der Waals surface area contributed by atoms with E-state index >= 15 is 0 Å². The molecule has 2 aromatic rings. The first-order valence-electron chi connectivity index (χ1n) is 6.71. The Balaban J connectivity index is 2.25. The molecule has 112 valence electrons. The van der Waals surface area contributed by atoms with Crippen LogP contribution in [0.5, 0.6) is 0 Å². The summed E-state index contributed by atoms with van der Waals surface area (Å²) >= 11 is 0. The number of anilines is 4. The topological polar surface area (TPSA) is 62.3 Å². The number of hydrogen-bond donors (Lipinski definition) is 2. The molecule has 0 amide bonds. The summed E-state index contributed by atoms with van der Waals surface area (Å²) in [7, 11) is 7.48. The number of nitrogens with zero attached hydrogens (tertiary/aromatic N) is 3. The molecule has 0 spiro atoms. The monoisotopic (exact) mass is 287 g/mol. The second kappa shape index (κ2) is 6.90. The van der Waals surface area contributed by atoms with Crippen LogP contribution in [-0.2, 0) is 11.3 Å². The summed E-state index contributed by atoms with van der Waals surface area (Å²) in [6.07, 6.45) is 0. The van der Waals surface area contributed by atoms with Crippen LogP contribution >= 0.6 is 0 Å². The fourth-order valence-electron chi connectivity index (χ4n) is 1.89. The van der Waals surface area contributed by atoms with Crippen LogP contribution in [0.4, 0.5) is 23.0 Å². The van der Waals surface area contributed by atoms with Crippen molar-refractivity contribution in [3.05, 3.63) is 36.2 Å². The summed E-state index contributed by atoms with van der Waals surface area (Å²) in [6, 6.07) is 10.00. The van der Waals surface area contributed by atoms with Gasteiger partial charge in [0.1, 0.15) is 18.2 Å². The van der Waals surface area contributed by atoms with Crippen LogP contribution in [0.3, 0.4) is 0 Å². The van der Waals surface area contributed by atoms with Gasteiger partial charge >= 0.3 is 0 Å². The third kappa shape index (κ3) is 4.06. The van der Waals surface area contributed by atoms with Crippen molar-refractivity contribution in [3.63, 3.8) is 0 Å². The minimum absolute atomic E-state index is 0.377. The Kier molecular flexibility index (Phi) is 4.94. The lowest BCUT2D eigenvalue weighted by molar-refractivity contribution is 0.178. The van der Waals surface area contributed by atoms with Gasteiger partial charge in [-0.3, -0.25) is 0 Å². The van der Waals surface area contributed by atoms with Gasteiger partial charge in [0.25, 0.3) is 0 Å². The molecule has 0 aliphatic carbocycles. The summed E-state index contributed by atoms with van der Waals surface area (Å²) in [5.74, 6) is 2.12. The number of rotatable bonds is 6. The van der Waals surface area contributed by atoms with Crippen molar-refractivity contribution in [3.8, 4) is 0 Å². The smallest absolute Gasteiger partial charge is 0.158 e. The molecule has 0 saturated carbocycles. The van der Waals surface area contributed by atoms with E-state index in [2.05, 4.69) is 37.6 Å². The van der Waals surface area contributed by atoms with E-state index in [1.165, 1.54) is 0 Å². The van der Waals surface area contributed by atoms with E-state index in [0.29, 0.717) is 12.4 Å². The molecule has 0 aliphatic rings. The Morgan fingerprint density at radius 1 is 1.14 bits per heavy atom. The normalized spacial score (nSPS) is 10.3. The van der Waals surface area contributed by atoms with E-state index in [1.807, 2.05) is 39.3 Å². The number of hydrogen-bond acceptors (Lipinski definition) is 6. The van der Waals surface area contributed by atoms with E-state index in [-0.39, 0.29) is 0 Å². The first kappa shape index (κ1) is 15.1. The molecule has 1 aromatic heterocycles. The lowest BCUT2D eigenvalue weighted by Crippen LogP contribution is -2.09. The molecule has 0 bridgehead atoms. The summed E-state index contributed by atoms with van der Waals surface area (Å²) in [4.78, 5) is 10.8. The molecule has 1 aromatic carbocycles. The van der Waals surface area contributed by atoms with E-state index in [0.717, 1.165) is 23.0 Å². The number of methoxy groups -OCH3 is 1. The van der Waals surface area contributed by atoms with Crippen molar-refractivity contribution in [2.45, 2.75) is 6.61 Å². The molecular weight excluding hydrogens is 266 g/mol. The second-order valence-corrected chi connectivity index (χ2v) is 4.81. The van der Waals surface area contributed by atoms with Gasteiger partial charge in [0, 0.05) is 45.7 Å². The number of nitrogens with one attached hydrogen (secondary N) is 2. The van der Waals surface area contributed by atoms with Crippen molar-refractivity contribution in [2.24, 2.45) is 0 Å². The van der Waals surface area contributed by atoms with Gasteiger partial charge in [0.15, 0.2) is 5.82 Å². The van der Waals surface area contributed by atoms with Gasteiger partial charge in [0.2, 0.25) is 0 Å². The molecule has 6 heteroatoms. The first-order chi connectivity index (χ1) is 10.1. The van der Waals surface area contributed by atoms with Crippen molar-refractivity contribution >= 4 is 23.0 Å². The molecule has 2 N–H and O–H groups in total. The van der Waals surface area contributed by atoms with Gasteiger partial charge in [0.05, 0.1) is 0 Å². The zero-order valence-corrected chi connectivity index (χ0v) is 12.8. The first-order valence-corrected chi connectivity index (χ1v) is 6.71. The summed E-state index contributed by atoms with van der Waals surface area (Å²) < 4.78 is 5.10. The third-order valence-electron chi connectivity index (χ3n) is 2.94. The van der Waals surface area contributed by atoms with Crippen molar-refractivity contribution < 1.29 is 4.74 Å². The lowest BCUT2D eigenvalue weighted by Gasteiger charge is -2.14. The molecule has 0 atom stereocenters. The van der Waals surface area contributed by atoms with E-state index in [1.54, 1.807) is 7.11 Å². The summed E-state index contributed by atoms with van der Waals surface area (Å²) in [5, 5.41) is 6.33. The van der Waals surface area contributed by atoms with E-state index in [4.69, 9.17) is 4.74 Å². The SMILES string of the molecule is CNc1cc(Nc2cccc(N(C)C)c2)nc(COC)n1. The molecular formula is C15H21N5O. The Morgan fingerprint density at radius 3 is 2.57 bits per heavy atom. The predicted octanol–water partition coefficient (Wildman–Crippen LogP) is 2.47. The Morgan fingerprint density at radius 2 is 1.90 bits per heavy atom. The van der Waals surface area contributed by atoms with Gasteiger partial charge in [-0.25, -0.2) is 9.97 Å². The maximum atomic E-state index is 5.10. The van der Waals surface area contributed by atoms with Gasteiger partial charge in [-0.05, 0) is 18.2 Å². The van der Waals surface area contributed by atoms with E-state index in [9.17, 15) is 0 Å². The number of aromatic nitrogens is 2. The molecule has 6 nitrogen and oxygen atoms in total. The van der Waals surface area contributed by atoms with Crippen LogP contribution in [-0.4, -0.2) is 38.2 Å². The van der Waals surface area contributed by atoms with Gasteiger partial charge < -0.3 is 20.3 Å². The minimum Gasteiger partial charge on any atom is -0.378 e. The molecule has 0 radical (unpaired) electrons.